The van der Waals surface area contributed by atoms with E-state index in [0.29, 0.717) is 10.7 Å². The van der Waals surface area contributed by atoms with Crippen molar-refractivity contribution in [3.63, 3.8) is 0 Å². The zero-order chi connectivity index (χ0) is 9.07. The molecule has 2 atom stereocenters. The van der Waals surface area contributed by atoms with Crippen molar-refractivity contribution >= 4 is 15.9 Å². The van der Waals surface area contributed by atoms with Gasteiger partial charge < -0.3 is 4.74 Å². The Kier molecular flexibility index (Phi) is 4.64. The Morgan fingerprint density at radius 1 is 1.36 bits per heavy atom. The average Bonchev–Trinajstić information content (AvgIpc) is 1.87. The van der Waals surface area contributed by atoms with Crippen LogP contribution in [0.3, 0.4) is 0 Å². The highest BCUT2D eigenvalue weighted by molar-refractivity contribution is 9.09. The Bertz CT molecular complexity index is 102. The van der Waals surface area contributed by atoms with E-state index < -0.39 is 0 Å². The summed E-state index contributed by atoms with van der Waals surface area (Å²) < 4.78 is 5.71. The van der Waals surface area contributed by atoms with Gasteiger partial charge in [-0.15, -0.1) is 0 Å². The SMILES string of the molecule is CCOC(C)(C(C)C)C(C)Br. The summed E-state index contributed by atoms with van der Waals surface area (Å²) in [5.74, 6) is 0.539. The number of hydrogen-bond donors (Lipinski definition) is 0. The second kappa shape index (κ2) is 4.46. The summed E-state index contributed by atoms with van der Waals surface area (Å²) in [7, 11) is 0. The van der Waals surface area contributed by atoms with E-state index in [9.17, 15) is 0 Å². The molecule has 0 aromatic heterocycles. The molecule has 0 saturated carbocycles. The lowest BCUT2D eigenvalue weighted by Gasteiger charge is -2.36. The highest BCUT2D eigenvalue weighted by Crippen LogP contribution is 2.29. The smallest absolute Gasteiger partial charge is 0.0798 e. The molecule has 0 aliphatic heterocycles. The molecule has 0 rings (SSSR count). The van der Waals surface area contributed by atoms with Crippen molar-refractivity contribution in [2.75, 3.05) is 6.61 Å². The monoisotopic (exact) mass is 222 g/mol. The molecule has 2 heteroatoms. The first-order valence-electron chi connectivity index (χ1n) is 4.23. The zero-order valence-electron chi connectivity index (χ0n) is 8.15. The maximum atomic E-state index is 5.71. The van der Waals surface area contributed by atoms with E-state index in [0.717, 1.165) is 6.61 Å². The zero-order valence-corrected chi connectivity index (χ0v) is 9.73. The molecular formula is C9H19BrO. The van der Waals surface area contributed by atoms with Gasteiger partial charge in [-0.2, -0.15) is 0 Å². The van der Waals surface area contributed by atoms with Crippen molar-refractivity contribution in [3.05, 3.63) is 0 Å². The van der Waals surface area contributed by atoms with Crippen molar-refractivity contribution in [1.82, 2.24) is 0 Å². The summed E-state index contributed by atoms with van der Waals surface area (Å²) in [5.41, 5.74) is -0.0330. The van der Waals surface area contributed by atoms with E-state index in [4.69, 9.17) is 4.74 Å². The van der Waals surface area contributed by atoms with Crippen LogP contribution in [0, 0.1) is 5.92 Å². The molecule has 0 bridgehead atoms. The first kappa shape index (κ1) is 11.4. The van der Waals surface area contributed by atoms with Crippen LogP contribution >= 0.6 is 15.9 Å². The molecule has 68 valence electrons. The van der Waals surface area contributed by atoms with E-state index in [-0.39, 0.29) is 5.60 Å². The van der Waals surface area contributed by atoms with Crippen molar-refractivity contribution in [3.8, 4) is 0 Å². The van der Waals surface area contributed by atoms with Crippen LogP contribution in [0.15, 0.2) is 0 Å². The molecular weight excluding hydrogens is 204 g/mol. The van der Waals surface area contributed by atoms with Crippen LogP contribution in [0.5, 0.6) is 0 Å². The van der Waals surface area contributed by atoms with E-state index in [2.05, 4.69) is 43.6 Å². The number of ether oxygens (including phenoxy) is 1. The van der Waals surface area contributed by atoms with Crippen LogP contribution in [0.2, 0.25) is 0 Å². The number of rotatable bonds is 4. The van der Waals surface area contributed by atoms with Crippen LogP contribution in [-0.4, -0.2) is 17.0 Å². The molecule has 0 radical (unpaired) electrons. The fourth-order valence-corrected chi connectivity index (χ4v) is 1.71. The molecule has 2 unspecified atom stereocenters. The predicted octanol–water partition coefficient (Wildman–Crippen LogP) is 3.22. The highest BCUT2D eigenvalue weighted by Gasteiger charge is 2.33. The van der Waals surface area contributed by atoms with Crippen LogP contribution < -0.4 is 0 Å². The molecule has 0 saturated heterocycles. The van der Waals surface area contributed by atoms with Gasteiger partial charge in [0.15, 0.2) is 0 Å². The Labute approximate surface area is 78.6 Å². The lowest BCUT2D eigenvalue weighted by atomic mass is 9.89. The molecule has 0 fully saturated rings. The summed E-state index contributed by atoms with van der Waals surface area (Å²) in [5, 5.41) is 0. The van der Waals surface area contributed by atoms with Gasteiger partial charge in [-0.1, -0.05) is 29.8 Å². The Morgan fingerprint density at radius 3 is 1.91 bits per heavy atom. The summed E-state index contributed by atoms with van der Waals surface area (Å²) in [6.45, 7) is 11.5. The van der Waals surface area contributed by atoms with E-state index >= 15 is 0 Å². The minimum atomic E-state index is -0.0330. The largest absolute Gasteiger partial charge is 0.374 e. The minimum Gasteiger partial charge on any atom is -0.374 e. The first-order valence-corrected chi connectivity index (χ1v) is 5.14. The summed E-state index contributed by atoms with van der Waals surface area (Å²) in [6, 6.07) is 0. The van der Waals surface area contributed by atoms with Crippen LogP contribution in [0.1, 0.15) is 34.6 Å². The van der Waals surface area contributed by atoms with Gasteiger partial charge in [-0.05, 0) is 26.7 Å². The fourth-order valence-electron chi connectivity index (χ4n) is 1.05. The molecule has 0 aliphatic rings. The quantitative estimate of drug-likeness (QED) is 0.665. The van der Waals surface area contributed by atoms with Gasteiger partial charge in [-0.25, -0.2) is 0 Å². The summed E-state index contributed by atoms with van der Waals surface area (Å²) in [6.07, 6.45) is 0. The summed E-state index contributed by atoms with van der Waals surface area (Å²) in [4.78, 5) is 0.398. The van der Waals surface area contributed by atoms with Crippen LogP contribution in [0.4, 0.5) is 0 Å². The van der Waals surface area contributed by atoms with E-state index in [1.54, 1.807) is 0 Å². The lowest BCUT2D eigenvalue weighted by molar-refractivity contribution is -0.0553. The predicted molar refractivity (Wildman–Crippen MR) is 53.3 cm³/mol. The van der Waals surface area contributed by atoms with Crippen molar-refractivity contribution in [2.24, 2.45) is 5.92 Å². The van der Waals surface area contributed by atoms with Crippen molar-refractivity contribution in [2.45, 2.75) is 45.0 Å². The Balaban J connectivity index is 4.26. The standard InChI is InChI=1S/C9H19BrO/c1-6-11-9(5,7(2)3)8(4)10/h7-8H,6H2,1-5H3. The Hall–Kier alpha value is 0.440. The third-order valence-corrected chi connectivity index (χ3v) is 3.30. The number of alkyl halides is 1. The van der Waals surface area contributed by atoms with Gasteiger partial charge in [0.25, 0.3) is 0 Å². The van der Waals surface area contributed by atoms with E-state index in [1.165, 1.54) is 0 Å². The van der Waals surface area contributed by atoms with Gasteiger partial charge >= 0.3 is 0 Å². The normalized spacial score (nSPS) is 19.9. The molecule has 0 N–H and O–H groups in total. The average molecular weight is 223 g/mol. The second-order valence-corrected chi connectivity index (χ2v) is 4.76. The van der Waals surface area contributed by atoms with Gasteiger partial charge in [-0.3, -0.25) is 0 Å². The van der Waals surface area contributed by atoms with Crippen molar-refractivity contribution < 1.29 is 4.74 Å². The van der Waals surface area contributed by atoms with Crippen LogP contribution in [0.25, 0.3) is 0 Å². The topological polar surface area (TPSA) is 9.23 Å². The fraction of sp³-hybridized carbons (Fsp3) is 1.00. The lowest BCUT2D eigenvalue weighted by Crippen LogP contribution is -2.42. The van der Waals surface area contributed by atoms with Crippen molar-refractivity contribution in [1.29, 1.82) is 0 Å². The van der Waals surface area contributed by atoms with Gasteiger partial charge in [0.05, 0.1) is 5.60 Å². The maximum Gasteiger partial charge on any atom is 0.0798 e. The molecule has 0 aromatic carbocycles. The molecule has 1 nitrogen and oxygen atoms in total. The molecule has 0 amide bonds. The maximum absolute atomic E-state index is 5.71. The second-order valence-electron chi connectivity index (χ2n) is 3.39. The third-order valence-electron chi connectivity index (χ3n) is 2.39. The van der Waals surface area contributed by atoms with Crippen LogP contribution in [-0.2, 0) is 4.74 Å². The molecule has 11 heavy (non-hydrogen) atoms. The van der Waals surface area contributed by atoms with Gasteiger partial charge in [0.2, 0.25) is 0 Å². The Morgan fingerprint density at radius 2 is 1.82 bits per heavy atom. The molecule has 0 aliphatic carbocycles. The highest BCUT2D eigenvalue weighted by atomic mass is 79.9. The first-order chi connectivity index (χ1) is 4.95. The van der Waals surface area contributed by atoms with Gasteiger partial charge in [0.1, 0.15) is 0 Å². The summed E-state index contributed by atoms with van der Waals surface area (Å²) >= 11 is 3.57. The molecule has 0 spiro atoms. The molecule has 0 heterocycles. The number of hydrogen-bond acceptors (Lipinski definition) is 1. The minimum absolute atomic E-state index is 0.0330. The van der Waals surface area contributed by atoms with E-state index in [1.807, 2.05) is 6.92 Å². The number of halogens is 1. The third kappa shape index (κ3) is 2.75. The molecule has 0 aromatic rings. The van der Waals surface area contributed by atoms with Gasteiger partial charge in [0, 0.05) is 11.4 Å².